The molecule has 174 valence electrons. The average Bonchev–Trinajstić information content (AvgIpc) is 2.76. The molecule has 2 aliphatic rings. The van der Waals surface area contributed by atoms with Gasteiger partial charge in [0.2, 0.25) is 0 Å². The highest BCUT2D eigenvalue weighted by Gasteiger charge is 2.21. The molecule has 30 heavy (non-hydrogen) atoms. The molecule has 0 saturated carbocycles. The molecule has 2 fully saturated rings. The maximum atomic E-state index is 12.2. The molecule has 4 amide bonds. The molecular weight excluding hydrogens is 388 g/mol. The van der Waals surface area contributed by atoms with Crippen LogP contribution in [0.2, 0.25) is 0 Å². The van der Waals surface area contributed by atoms with Gasteiger partial charge in [0.1, 0.15) is 0 Å². The van der Waals surface area contributed by atoms with Gasteiger partial charge in [0.05, 0.1) is 13.2 Å². The smallest absolute Gasteiger partial charge is 0.317 e. The lowest BCUT2D eigenvalue weighted by molar-refractivity contribution is 0.121. The van der Waals surface area contributed by atoms with Crippen LogP contribution < -0.4 is 10.6 Å². The molecule has 2 heterocycles. The minimum Gasteiger partial charge on any atom is -0.395 e. The number of rotatable bonds is 11. The fourth-order valence-corrected chi connectivity index (χ4v) is 3.85. The summed E-state index contributed by atoms with van der Waals surface area (Å²) >= 11 is 0. The quantitative estimate of drug-likeness (QED) is 0.320. The third-order valence-corrected chi connectivity index (χ3v) is 5.81. The van der Waals surface area contributed by atoms with E-state index in [1.165, 1.54) is 0 Å². The number of carbonyl (C=O) groups excluding carboxylic acids is 2. The van der Waals surface area contributed by atoms with Crippen LogP contribution in [0.4, 0.5) is 9.59 Å². The van der Waals surface area contributed by atoms with Gasteiger partial charge in [-0.15, -0.1) is 0 Å². The highest BCUT2D eigenvalue weighted by molar-refractivity contribution is 5.74. The summed E-state index contributed by atoms with van der Waals surface area (Å²) in [5, 5.41) is 23.9. The fraction of sp³-hybridized carbons (Fsp3) is 0.900. The number of unbranched alkanes of at least 4 members (excludes halogenated alkanes) is 3. The van der Waals surface area contributed by atoms with Crippen molar-refractivity contribution in [2.75, 3.05) is 91.8 Å². The molecule has 0 radical (unpaired) electrons. The Kier molecular flexibility index (Phi) is 11.8. The fourth-order valence-electron chi connectivity index (χ4n) is 3.85. The number of aliphatic hydroxyl groups is 2. The van der Waals surface area contributed by atoms with E-state index in [9.17, 15) is 9.59 Å². The van der Waals surface area contributed by atoms with E-state index >= 15 is 0 Å². The van der Waals surface area contributed by atoms with Gasteiger partial charge in [-0.05, 0) is 12.8 Å². The molecule has 0 bridgehead atoms. The van der Waals surface area contributed by atoms with Crippen molar-refractivity contribution in [1.29, 1.82) is 0 Å². The first-order chi connectivity index (χ1) is 14.6. The van der Waals surface area contributed by atoms with Crippen LogP contribution in [0.3, 0.4) is 0 Å². The highest BCUT2D eigenvalue weighted by Crippen LogP contribution is 2.04. The Hall–Kier alpha value is -1.62. The average molecular weight is 429 g/mol. The van der Waals surface area contributed by atoms with Crippen molar-refractivity contribution in [1.82, 2.24) is 30.2 Å². The van der Waals surface area contributed by atoms with E-state index in [1.54, 1.807) is 0 Å². The first-order valence-electron chi connectivity index (χ1n) is 11.4. The third kappa shape index (κ3) is 9.03. The number of aliphatic hydroxyl groups excluding tert-OH is 2. The van der Waals surface area contributed by atoms with Crippen molar-refractivity contribution in [3.8, 4) is 0 Å². The Morgan fingerprint density at radius 3 is 1.30 bits per heavy atom. The second-order valence-corrected chi connectivity index (χ2v) is 7.98. The van der Waals surface area contributed by atoms with Crippen molar-refractivity contribution < 1.29 is 19.8 Å². The van der Waals surface area contributed by atoms with Crippen LogP contribution in [0.25, 0.3) is 0 Å². The van der Waals surface area contributed by atoms with Crippen LogP contribution in [-0.4, -0.2) is 134 Å². The second-order valence-electron chi connectivity index (χ2n) is 7.98. The summed E-state index contributed by atoms with van der Waals surface area (Å²) in [5.41, 5.74) is 0. The minimum absolute atomic E-state index is 0.00463. The van der Waals surface area contributed by atoms with Gasteiger partial charge >= 0.3 is 12.1 Å². The summed E-state index contributed by atoms with van der Waals surface area (Å²) in [6, 6.07) is 0.00925. The van der Waals surface area contributed by atoms with Crippen molar-refractivity contribution >= 4 is 12.1 Å². The lowest BCUT2D eigenvalue weighted by Gasteiger charge is -2.34. The topological polar surface area (TPSA) is 112 Å². The zero-order valence-corrected chi connectivity index (χ0v) is 18.2. The van der Waals surface area contributed by atoms with Crippen molar-refractivity contribution in [2.45, 2.75) is 25.7 Å². The van der Waals surface area contributed by atoms with E-state index in [-0.39, 0.29) is 25.3 Å². The van der Waals surface area contributed by atoms with Gasteiger partial charge in [-0.1, -0.05) is 12.8 Å². The molecule has 10 nitrogen and oxygen atoms in total. The van der Waals surface area contributed by atoms with E-state index in [4.69, 9.17) is 10.2 Å². The number of nitrogens with one attached hydrogen (secondary N) is 2. The summed E-state index contributed by atoms with van der Waals surface area (Å²) in [4.78, 5) is 32.3. The zero-order chi connectivity index (χ0) is 21.6. The van der Waals surface area contributed by atoms with Crippen LogP contribution >= 0.6 is 0 Å². The minimum atomic E-state index is 0.00463. The Morgan fingerprint density at radius 2 is 0.967 bits per heavy atom. The molecular formula is C20H40N6O4. The van der Waals surface area contributed by atoms with Crippen LogP contribution in [0, 0.1) is 0 Å². The van der Waals surface area contributed by atoms with Gasteiger partial charge in [-0.2, -0.15) is 0 Å². The van der Waals surface area contributed by atoms with Crippen molar-refractivity contribution in [3.05, 3.63) is 0 Å². The van der Waals surface area contributed by atoms with E-state index in [0.717, 1.165) is 51.9 Å². The SMILES string of the molecule is O=C(NCCCCCCNC(=O)N1CCN(CCO)CC1)N1CCN(CCO)CC1. The molecule has 2 aliphatic heterocycles. The largest absolute Gasteiger partial charge is 0.395 e. The van der Waals surface area contributed by atoms with Crippen molar-refractivity contribution in [2.24, 2.45) is 0 Å². The zero-order valence-electron chi connectivity index (χ0n) is 18.2. The predicted molar refractivity (Wildman–Crippen MR) is 115 cm³/mol. The molecule has 0 unspecified atom stereocenters. The Morgan fingerprint density at radius 1 is 0.600 bits per heavy atom. The normalized spacial score (nSPS) is 18.5. The number of hydrogen-bond acceptors (Lipinski definition) is 6. The summed E-state index contributed by atoms with van der Waals surface area (Å²) < 4.78 is 0. The van der Waals surface area contributed by atoms with Gasteiger partial charge < -0.3 is 30.6 Å². The number of urea groups is 2. The number of hydrogen-bond donors (Lipinski definition) is 4. The molecule has 0 spiro atoms. The first-order valence-corrected chi connectivity index (χ1v) is 11.4. The Balaban J connectivity index is 1.41. The Labute approximate surface area is 180 Å². The number of β-amino-alcohol motifs (C(OH)–C–C–N with tert-alkyl or cyclic N) is 2. The van der Waals surface area contributed by atoms with Crippen molar-refractivity contribution in [3.63, 3.8) is 0 Å². The monoisotopic (exact) mass is 428 g/mol. The van der Waals surface area contributed by atoms with Gasteiger partial charge in [-0.3, -0.25) is 9.80 Å². The molecule has 0 aromatic carbocycles. The van der Waals surface area contributed by atoms with E-state index in [1.807, 2.05) is 9.80 Å². The third-order valence-electron chi connectivity index (χ3n) is 5.81. The molecule has 2 saturated heterocycles. The molecule has 0 aliphatic carbocycles. The van der Waals surface area contributed by atoms with E-state index in [2.05, 4.69) is 20.4 Å². The molecule has 2 rings (SSSR count). The molecule has 10 heteroatoms. The maximum absolute atomic E-state index is 12.2. The lowest BCUT2D eigenvalue weighted by atomic mass is 10.2. The summed E-state index contributed by atoms with van der Waals surface area (Å²) in [7, 11) is 0. The summed E-state index contributed by atoms with van der Waals surface area (Å²) in [6.45, 7) is 9.16. The second kappa shape index (κ2) is 14.4. The van der Waals surface area contributed by atoms with Crippen LogP contribution in [0.15, 0.2) is 0 Å². The molecule has 0 atom stereocenters. The summed E-state index contributed by atoms with van der Waals surface area (Å²) in [5.74, 6) is 0. The number of amides is 4. The predicted octanol–water partition coefficient (Wildman–Crippen LogP) is -0.814. The standard InChI is InChI=1S/C20H40N6O4/c27-17-15-23-7-11-25(12-8-23)19(29)21-5-3-1-2-4-6-22-20(30)26-13-9-24(10-14-26)16-18-28/h27-28H,1-18H2,(H,21,29)(H,22,30). The van der Waals surface area contributed by atoms with Crippen LogP contribution in [0.1, 0.15) is 25.7 Å². The first kappa shape index (κ1) is 24.6. The van der Waals surface area contributed by atoms with Crippen LogP contribution in [0.5, 0.6) is 0 Å². The molecule has 0 aromatic rings. The maximum Gasteiger partial charge on any atom is 0.317 e. The van der Waals surface area contributed by atoms with Gasteiger partial charge in [0.15, 0.2) is 0 Å². The van der Waals surface area contributed by atoms with E-state index in [0.29, 0.717) is 52.4 Å². The summed E-state index contributed by atoms with van der Waals surface area (Å²) in [6.07, 6.45) is 3.94. The van der Waals surface area contributed by atoms with E-state index < -0.39 is 0 Å². The highest BCUT2D eigenvalue weighted by atomic mass is 16.3. The number of carbonyl (C=O) groups is 2. The van der Waals surface area contributed by atoms with Crippen LogP contribution in [-0.2, 0) is 0 Å². The van der Waals surface area contributed by atoms with Gasteiger partial charge in [-0.25, -0.2) is 9.59 Å². The molecule has 4 N–H and O–H groups in total. The lowest BCUT2D eigenvalue weighted by Crippen LogP contribution is -2.52. The Bertz CT molecular complexity index is 450. The van der Waals surface area contributed by atoms with Gasteiger partial charge in [0.25, 0.3) is 0 Å². The molecule has 0 aromatic heterocycles. The number of piperazine rings is 2. The van der Waals surface area contributed by atoms with Gasteiger partial charge in [0, 0.05) is 78.5 Å². The number of nitrogens with zero attached hydrogens (tertiary/aromatic N) is 4.